The molecule has 0 saturated carbocycles. The summed E-state index contributed by atoms with van der Waals surface area (Å²) in [5.41, 5.74) is 5.93. The van der Waals surface area contributed by atoms with E-state index in [1.807, 2.05) is 0 Å². The van der Waals surface area contributed by atoms with E-state index in [4.69, 9.17) is 19.9 Å². The molecule has 2 aromatic carbocycles. The van der Waals surface area contributed by atoms with Gasteiger partial charge in [-0.05, 0) is 24.3 Å². The van der Waals surface area contributed by atoms with E-state index in [-0.39, 0.29) is 12.5 Å². The first-order valence-corrected chi connectivity index (χ1v) is 7.07. The molecular formula is C17H18N2O5. The Hall–Kier alpha value is -3.22. The first-order valence-electron chi connectivity index (χ1n) is 7.07. The van der Waals surface area contributed by atoms with Gasteiger partial charge in [0.05, 0.1) is 14.2 Å². The third kappa shape index (κ3) is 4.64. The Bertz CT molecular complexity index is 723. The van der Waals surface area contributed by atoms with Gasteiger partial charge in [0.15, 0.2) is 6.61 Å². The Balaban J connectivity index is 2.14. The van der Waals surface area contributed by atoms with Crippen LogP contribution in [-0.2, 0) is 4.79 Å². The minimum absolute atomic E-state index is 0.232. The number of hydrogen-bond donors (Lipinski definition) is 2. The first-order chi connectivity index (χ1) is 11.5. The van der Waals surface area contributed by atoms with E-state index in [1.54, 1.807) is 42.5 Å². The van der Waals surface area contributed by atoms with Gasteiger partial charge < -0.3 is 25.3 Å². The maximum Gasteiger partial charge on any atom is 0.255 e. The Labute approximate surface area is 139 Å². The van der Waals surface area contributed by atoms with E-state index >= 15 is 0 Å². The number of nitrogens with two attached hydrogens (primary N) is 1. The van der Waals surface area contributed by atoms with Gasteiger partial charge in [-0.25, -0.2) is 0 Å². The van der Waals surface area contributed by atoms with Crippen LogP contribution in [-0.4, -0.2) is 32.6 Å². The Kier molecular flexibility index (Phi) is 5.62. The molecule has 0 bridgehead atoms. The van der Waals surface area contributed by atoms with Gasteiger partial charge in [-0.15, -0.1) is 0 Å². The fraction of sp³-hybridized carbons (Fsp3) is 0.176. The van der Waals surface area contributed by atoms with Crippen LogP contribution < -0.4 is 25.3 Å². The lowest BCUT2D eigenvalue weighted by Gasteiger charge is -2.10. The van der Waals surface area contributed by atoms with Crippen LogP contribution in [0.4, 0.5) is 5.69 Å². The SMILES string of the molecule is COc1cc(OC)cc(C(=O)Nc2cccc(OCC(N)=O)c2)c1. The number of amides is 2. The third-order valence-electron chi connectivity index (χ3n) is 3.09. The molecule has 7 heteroatoms. The van der Waals surface area contributed by atoms with Crippen molar-refractivity contribution < 1.29 is 23.8 Å². The summed E-state index contributed by atoms with van der Waals surface area (Å²) < 4.78 is 15.5. The molecule has 0 unspecified atom stereocenters. The molecule has 2 rings (SSSR count). The van der Waals surface area contributed by atoms with Crippen LogP contribution >= 0.6 is 0 Å². The number of methoxy groups -OCH3 is 2. The lowest BCUT2D eigenvalue weighted by molar-refractivity contribution is -0.119. The standard InChI is InChI=1S/C17H18N2O5/c1-22-14-6-11(7-15(9-14)23-2)17(21)19-12-4-3-5-13(8-12)24-10-16(18)20/h3-9H,10H2,1-2H3,(H2,18,20)(H,19,21). The molecule has 0 aliphatic rings. The maximum absolute atomic E-state index is 12.4. The number of anilines is 1. The van der Waals surface area contributed by atoms with Gasteiger partial charge in [-0.3, -0.25) is 9.59 Å². The van der Waals surface area contributed by atoms with Crippen LogP contribution in [0.1, 0.15) is 10.4 Å². The van der Waals surface area contributed by atoms with Crippen LogP contribution in [0.3, 0.4) is 0 Å². The normalized spacial score (nSPS) is 9.92. The predicted octanol–water partition coefficient (Wildman–Crippen LogP) is 1.82. The van der Waals surface area contributed by atoms with Gasteiger partial charge in [0.1, 0.15) is 17.2 Å². The van der Waals surface area contributed by atoms with Crippen molar-refractivity contribution in [2.45, 2.75) is 0 Å². The lowest BCUT2D eigenvalue weighted by Crippen LogP contribution is -2.20. The van der Waals surface area contributed by atoms with Crippen LogP contribution in [0.2, 0.25) is 0 Å². The molecule has 24 heavy (non-hydrogen) atoms. The summed E-state index contributed by atoms with van der Waals surface area (Å²) in [7, 11) is 3.02. The summed E-state index contributed by atoms with van der Waals surface area (Å²) in [6, 6.07) is 11.5. The molecule has 0 aromatic heterocycles. The molecule has 0 fully saturated rings. The van der Waals surface area contributed by atoms with Crippen molar-refractivity contribution in [3.63, 3.8) is 0 Å². The van der Waals surface area contributed by atoms with Crippen molar-refractivity contribution >= 4 is 17.5 Å². The fourth-order valence-corrected chi connectivity index (χ4v) is 1.96. The highest BCUT2D eigenvalue weighted by Crippen LogP contribution is 2.24. The molecule has 3 N–H and O–H groups in total. The van der Waals surface area contributed by atoms with Crippen molar-refractivity contribution in [1.29, 1.82) is 0 Å². The molecule has 0 saturated heterocycles. The van der Waals surface area contributed by atoms with Crippen LogP contribution in [0.5, 0.6) is 17.2 Å². The summed E-state index contributed by atoms with van der Waals surface area (Å²) in [6.45, 7) is -0.232. The van der Waals surface area contributed by atoms with E-state index in [0.717, 1.165) is 0 Å². The highest BCUT2D eigenvalue weighted by atomic mass is 16.5. The quantitative estimate of drug-likeness (QED) is 0.806. The zero-order valence-corrected chi connectivity index (χ0v) is 13.4. The molecule has 0 aliphatic heterocycles. The molecule has 126 valence electrons. The lowest BCUT2D eigenvalue weighted by atomic mass is 10.1. The molecule has 0 heterocycles. The van der Waals surface area contributed by atoms with Gasteiger partial charge in [0.25, 0.3) is 11.8 Å². The summed E-state index contributed by atoms with van der Waals surface area (Å²) in [6.07, 6.45) is 0. The minimum atomic E-state index is -0.576. The Morgan fingerprint density at radius 3 is 2.25 bits per heavy atom. The number of carbonyl (C=O) groups excluding carboxylic acids is 2. The van der Waals surface area contributed by atoms with E-state index in [2.05, 4.69) is 5.32 Å². The van der Waals surface area contributed by atoms with Gasteiger partial charge in [-0.2, -0.15) is 0 Å². The molecule has 0 aliphatic carbocycles. The summed E-state index contributed by atoms with van der Waals surface area (Å²) >= 11 is 0. The monoisotopic (exact) mass is 330 g/mol. The molecule has 0 radical (unpaired) electrons. The highest BCUT2D eigenvalue weighted by molar-refractivity contribution is 6.04. The second-order valence-corrected chi connectivity index (χ2v) is 4.84. The number of carbonyl (C=O) groups is 2. The number of ether oxygens (including phenoxy) is 3. The van der Waals surface area contributed by atoms with Crippen molar-refractivity contribution in [1.82, 2.24) is 0 Å². The molecular weight excluding hydrogens is 312 g/mol. The van der Waals surface area contributed by atoms with Crippen molar-refractivity contribution in [3.8, 4) is 17.2 Å². The van der Waals surface area contributed by atoms with Gasteiger partial charge >= 0.3 is 0 Å². The second-order valence-electron chi connectivity index (χ2n) is 4.84. The largest absolute Gasteiger partial charge is 0.497 e. The number of hydrogen-bond acceptors (Lipinski definition) is 5. The zero-order chi connectivity index (χ0) is 17.5. The summed E-state index contributed by atoms with van der Waals surface area (Å²) in [4.78, 5) is 23.1. The summed E-state index contributed by atoms with van der Waals surface area (Å²) in [5, 5.41) is 2.74. The van der Waals surface area contributed by atoms with E-state index in [0.29, 0.717) is 28.5 Å². The molecule has 0 spiro atoms. The third-order valence-corrected chi connectivity index (χ3v) is 3.09. The number of primary amides is 1. The van der Waals surface area contributed by atoms with E-state index in [1.165, 1.54) is 14.2 Å². The maximum atomic E-state index is 12.4. The predicted molar refractivity (Wildman–Crippen MR) is 88.6 cm³/mol. The molecule has 0 atom stereocenters. The fourth-order valence-electron chi connectivity index (χ4n) is 1.96. The van der Waals surface area contributed by atoms with Crippen LogP contribution in [0, 0.1) is 0 Å². The smallest absolute Gasteiger partial charge is 0.255 e. The van der Waals surface area contributed by atoms with Crippen LogP contribution in [0.15, 0.2) is 42.5 Å². The first kappa shape index (κ1) is 17.1. The average molecular weight is 330 g/mol. The Morgan fingerprint density at radius 2 is 1.67 bits per heavy atom. The number of benzene rings is 2. The zero-order valence-electron chi connectivity index (χ0n) is 13.4. The van der Waals surface area contributed by atoms with Crippen molar-refractivity contribution in [2.75, 3.05) is 26.1 Å². The minimum Gasteiger partial charge on any atom is -0.497 e. The van der Waals surface area contributed by atoms with Crippen molar-refractivity contribution in [2.24, 2.45) is 5.73 Å². The molecule has 7 nitrogen and oxygen atoms in total. The van der Waals surface area contributed by atoms with Gasteiger partial charge in [0.2, 0.25) is 0 Å². The van der Waals surface area contributed by atoms with Crippen molar-refractivity contribution in [3.05, 3.63) is 48.0 Å². The topological polar surface area (TPSA) is 99.9 Å². The molecule has 2 amide bonds. The molecule has 2 aromatic rings. The van der Waals surface area contributed by atoms with Gasteiger partial charge in [0, 0.05) is 23.4 Å². The number of rotatable bonds is 7. The Morgan fingerprint density at radius 1 is 1.00 bits per heavy atom. The van der Waals surface area contributed by atoms with Gasteiger partial charge in [-0.1, -0.05) is 6.07 Å². The second kappa shape index (κ2) is 7.87. The number of nitrogens with one attached hydrogen (secondary N) is 1. The van der Waals surface area contributed by atoms with Crippen LogP contribution in [0.25, 0.3) is 0 Å². The average Bonchev–Trinajstić information content (AvgIpc) is 2.59. The van der Waals surface area contributed by atoms with E-state index < -0.39 is 5.91 Å². The summed E-state index contributed by atoms with van der Waals surface area (Å²) in [5.74, 6) is 0.540. The van der Waals surface area contributed by atoms with E-state index in [9.17, 15) is 9.59 Å². The highest BCUT2D eigenvalue weighted by Gasteiger charge is 2.11.